The zero-order valence-electron chi connectivity index (χ0n) is 15.4. The Morgan fingerprint density at radius 1 is 1.25 bits per heavy atom. The number of aldehydes is 1. The molecule has 1 heterocycles. The third-order valence-electron chi connectivity index (χ3n) is 5.13. The zero-order chi connectivity index (χ0) is 18.4. The van der Waals surface area contributed by atoms with E-state index in [0.29, 0.717) is 6.42 Å². The van der Waals surface area contributed by atoms with Crippen molar-refractivity contribution in [1.82, 2.24) is 0 Å². The van der Waals surface area contributed by atoms with Gasteiger partial charge in [-0.3, -0.25) is 5.41 Å². The van der Waals surface area contributed by atoms with Crippen LogP contribution in [0.2, 0.25) is 11.6 Å². The van der Waals surface area contributed by atoms with Gasteiger partial charge in [-0.2, -0.15) is 0 Å². The van der Waals surface area contributed by atoms with Crippen LogP contribution < -0.4 is 0 Å². The summed E-state index contributed by atoms with van der Waals surface area (Å²) in [6, 6.07) is 0. The summed E-state index contributed by atoms with van der Waals surface area (Å²) in [4.78, 5) is 22.9. The second-order valence-corrected chi connectivity index (χ2v) is 7.39. The Labute approximate surface area is 145 Å². The van der Waals surface area contributed by atoms with Gasteiger partial charge in [0.15, 0.2) is 0 Å². The molecule has 0 spiro atoms. The van der Waals surface area contributed by atoms with Crippen molar-refractivity contribution in [3.8, 4) is 0 Å². The summed E-state index contributed by atoms with van der Waals surface area (Å²) in [6.07, 6.45) is 4.30. The van der Waals surface area contributed by atoms with Gasteiger partial charge in [0.05, 0.1) is 16.5 Å². The lowest BCUT2D eigenvalue weighted by atomic mass is 9.56. The Kier molecular flexibility index (Phi) is 7.23. The Bertz CT molecular complexity index is 453. The summed E-state index contributed by atoms with van der Waals surface area (Å²) in [7, 11) is 1.06. The van der Waals surface area contributed by atoms with Gasteiger partial charge in [0.25, 0.3) is 0 Å². The maximum absolute atomic E-state index is 12.0. The lowest BCUT2D eigenvalue weighted by molar-refractivity contribution is -0.122. The summed E-state index contributed by atoms with van der Waals surface area (Å²) in [5.74, 6) is -0.132. The van der Waals surface area contributed by atoms with Gasteiger partial charge in [0.2, 0.25) is 0 Å². The van der Waals surface area contributed by atoms with Crippen molar-refractivity contribution in [2.45, 2.75) is 83.1 Å². The van der Waals surface area contributed by atoms with E-state index in [-0.39, 0.29) is 30.5 Å². The fourth-order valence-electron chi connectivity index (χ4n) is 2.76. The normalized spacial score (nSPS) is 21.0. The average Bonchev–Trinajstić information content (AvgIpc) is 2.68. The van der Waals surface area contributed by atoms with E-state index in [1.54, 1.807) is 0 Å². The highest BCUT2D eigenvalue weighted by Crippen LogP contribution is 2.39. The van der Waals surface area contributed by atoms with Crippen LogP contribution in [0.4, 0.5) is 0 Å². The molecule has 1 rings (SSSR count). The summed E-state index contributed by atoms with van der Waals surface area (Å²) in [5.41, 5.74) is -0.687. The van der Waals surface area contributed by atoms with Crippen LogP contribution in [0.3, 0.4) is 0 Å². The number of ketones is 1. The summed E-state index contributed by atoms with van der Waals surface area (Å²) in [5, 5.41) is 5.98. The largest absolute Gasteiger partial charge is 0.555 e. The van der Waals surface area contributed by atoms with Crippen LogP contribution in [0.1, 0.15) is 60.3 Å². The molecular formula is C16H28B2NO5. The van der Waals surface area contributed by atoms with Gasteiger partial charge in [-0.1, -0.05) is 12.8 Å². The molecule has 0 aromatic heterocycles. The van der Waals surface area contributed by atoms with Gasteiger partial charge >= 0.3 is 14.6 Å². The van der Waals surface area contributed by atoms with E-state index < -0.39 is 5.31 Å². The first-order valence-electron chi connectivity index (χ1n) is 8.39. The predicted octanol–water partition coefficient (Wildman–Crippen LogP) is 2.83. The number of rotatable bonds is 11. The standard InChI is InChI=1S/C16H28B2NO5/c1-13(21)16(9-11-20,17-22-12-19)8-6-7-10-18-23-14(2,3)15(4,5)24-18/h11-12,19H,6-10H2,1-5H3/t16-/m1/s1. The third-order valence-corrected chi connectivity index (χ3v) is 5.13. The molecule has 1 N–H and O–H groups in total. The lowest BCUT2D eigenvalue weighted by Gasteiger charge is -2.32. The fraction of sp³-hybridized carbons (Fsp3) is 0.812. The summed E-state index contributed by atoms with van der Waals surface area (Å²) >= 11 is 0. The van der Waals surface area contributed by atoms with Crippen molar-refractivity contribution in [3.63, 3.8) is 0 Å². The lowest BCUT2D eigenvalue weighted by Crippen LogP contribution is -2.41. The number of Topliss-reactive ketones (excluding diaryl/α,β-unsaturated/α-hetero) is 1. The topological polar surface area (TPSA) is 85.7 Å². The van der Waals surface area contributed by atoms with Crippen molar-refractivity contribution in [3.05, 3.63) is 0 Å². The van der Waals surface area contributed by atoms with E-state index in [1.807, 2.05) is 27.7 Å². The van der Waals surface area contributed by atoms with Gasteiger partial charge in [-0.15, -0.1) is 0 Å². The van der Waals surface area contributed by atoms with Crippen molar-refractivity contribution < 1.29 is 23.6 Å². The monoisotopic (exact) mass is 336 g/mol. The fourth-order valence-corrected chi connectivity index (χ4v) is 2.76. The first kappa shape index (κ1) is 20.9. The minimum absolute atomic E-state index is 0.0622. The molecule has 6 nitrogen and oxygen atoms in total. The van der Waals surface area contributed by atoms with Crippen molar-refractivity contribution in [2.24, 2.45) is 0 Å². The highest BCUT2D eigenvalue weighted by atomic mass is 16.7. The number of carbonyl (C=O) groups is 2. The number of hydrogen-bond acceptors (Lipinski definition) is 6. The molecule has 133 valence electrons. The molecule has 0 amide bonds. The molecule has 1 atom stereocenters. The molecule has 1 fully saturated rings. The van der Waals surface area contributed by atoms with Gasteiger partial charge in [0.1, 0.15) is 18.5 Å². The SMILES string of the molecule is CC(=O)[C@]([B]OC=N)(CC=O)CCCCB1OC(C)(C)C(C)(C)O1. The number of nitrogens with one attached hydrogen (secondary N) is 1. The van der Waals surface area contributed by atoms with Gasteiger partial charge in [-0.25, -0.2) is 0 Å². The van der Waals surface area contributed by atoms with Crippen LogP contribution in [0, 0.1) is 5.41 Å². The molecule has 1 aliphatic rings. The molecule has 0 unspecified atom stereocenters. The van der Waals surface area contributed by atoms with Gasteiger partial charge < -0.3 is 23.6 Å². The molecule has 0 aromatic carbocycles. The highest BCUT2D eigenvalue weighted by Gasteiger charge is 2.50. The molecule has 0 saturated carbocycles. The van der Waals surface area contributed by atoms with E-state index in [1.165, 1.54) is 14.4 Å². The molecule has 1 saturated heterocycles. The van der Waals surface area contributed by atoms with Crippen molar-refractivity contribution in [1.29, 1.82) is 5.41 Å². The minimum Gasteiger partial charge on any atom is -0.555 e. The summed E-state index contributed by atoms with van der Waals surface area (Å²) < 4.78 is 16.8. The molecule has 0 aliphatic carbocycles. The van der Waals surface area contributed by atoms with E-state index in [0.717, 1.165) is 31.8 Å². The Balaban J connectivity index is 2.52. The second-order valence-electron chi connectivity index (χ2n) is 7.39. The van der Waals surface area contributed by atoms with E-state index in [4.69, 9.17) is 19.4 Å². The molecule has 8 heteroatoms. The number of carbonyl (C=O) groups excluding carboxylic acids is 2. The molecule has 0 aromatic rings. The summed E-state index contributed by atoms with van der Waals surface area (Å²) in [6.45, 7) is 9.51. The van der Waals surface area contributed by atoms with E-state index in [9.17, 15) is 9.59 Å². The number of hydrogen-bond donors (Lipinski definition) is 1. The van der Waals surface area contributed by atoms with Crippen molar-refractivity contribution in [2.75, 3.05) is 0 Å². The van der Waals surface area contributed by atoms with Crippen LogP contribution in [-0.2, 0) is 23.6 Å². The van der Waals surface area contributed by atoms with Crippen LogP contribution in [0.25, 0.3) is 0 Å². The molecule has 1 aliphatic heterocycles. The smallest absolute Gasteiger partial charge is 0.457 e. The predicted molar refractivity (Wildman–Crippen MR) is 94.4 cm³/mol. The Morgan fingerprint density at radius 2 is 1.83 bits per heavy atom. The third kappa shape index (κ3) is 4.93. The Morgan fingerprint density at radius 3 is 2.29 bits per heavy atom. The molecule has 24 heavy (non-hydrogen) atoms. The van der Waals surface area contributed by atoms with Crippen LogP contribution in [-0.4, -0.2) is 44.3 Å². The maximum Gasteiger partial charge on any atom is 0.457 e. The molecule has 0 bridgehead atoms. The maximum atomic E-state index is 12.0. The Hall–Kier alpha value is -1.14. The minimum atomic E-state index is -0.963. The average molecular weight is 336 g/mol. The van der Waals surface area contributed by atoms with Crippen molar-refractivity contribution >= 4 is 33.1 Å². The zero-order valence-corrected chi connectivity index (χ0v) is 15.4. The molecule has 1 radical (unpaired) electrons. The number of unbranched alkanes of at least 4 members (excludes halogenated alkanes) is 1. The quantitative estimate of drug-likeness (QED) is 0.206. The van der Waals surface area contributed by atoms with Crippen LogP contribution in [0.15, 0.2) is 0 Å². The second kappa shape index (κ2) is 8.30. The van der Waals surface area contributed by atoms with Gasteiger partial charge in [-0.05, 0) is 47.4 Å². The molecular weight excluding hydrogens is 308 g/mol. The van der Waals surface area contributed by atoms with Crippen LogP contribution >= 0.6 is 0 Å². The van der Waals surface area contributed by atoms with E-state index >= 15 is 0 Å². The highest BCUT2D eigenvalue weighted by molar-refractivity contribution is 6.45. The van der Waals surface area contributed by atoms with E-state index in [2.05, 4.69) is 0 Å². The first-order chi connectivity index (χ1) is 11.1. The van der Waals surface area contributed by atoms with Crippen LogP contribution in [0.5, 0.6) is 0 Å². The van der Waals surface area contributed by atoms with Gasteiger partial charge in [0, 0.05) is 6.42 Å². The first-order valence-corrected chi connectivity index (χ1v) is 8.39.